The van der Waals surface area contributed by atoms with E-state index in [0.29, 0.717) is 19.6 Å². The van der Waals surface area contributed by atoms with Gasteiger partial charge in [0.1, 0.15) is 0 Å². The maximum Gasteiger partial charge on any atom is 0.312 e. The number of amides is 2. The Morgan fingerprint density at radius 2 is 1.94 bits per heavy atom. The van der Waals surface area contributed by atoms with Gasteiger partial charge in [0.15, 0.2) is 0 Å². The topological polar surface area (TPSA) is 110 Å². The number of nitrogens with one attached hydrogen (secondary N) is 2. The SMILES string of the molecule is NC(=O)NCCNCc1ccc([N+](=O)[O-])cc1. The van der Waals surface area contributed by atoms with Crippen molar-refractivity contribution in [2.24, 2.45) is 5.73 Å². The van der Waals surface area contributed by atoms with Crippen LogP contribution in [0, 0.1) is 10.1 Å². The molecule has 0 spiro atoms. The van der Waals surface area contributed by atoms with Gasteiger partial charge in [-0.1, -0.05) is 12.1 Å². The third-order valence-corrected chi connectivity index (χ3v) is 2.08. The van der Waals surface area contributed by atoms with Crippen molar-refractivity contribution < 1.29 is 9.72 Å². The predicted octanol–water partition coefficient (Wildman–Crippen LogP) is 0.353. The van der Waals surface area contributed by atoms with Gasteiger partial charge < -0.3 is 16.4 Å². The molecule has 2 amide bonds. The third-order valence-electron chi connectivity index (χ3n) is 2.08. The molecular weight excluding hydrogens is 224 g/mol. The summed E-state index contributed by atoms with van der Waals surface area (Å²) < 4.78 is 0. The molecule has 7 nitrogen and oxygen atoms in total. The molecule has 0 saturated heterocycles. The molecule has 17 heavy (non-hydrogen) atoms. The average molecular weight is 238 g/mol. The second-order valence-electron chi connectivity index (χ2n) is 3.39. The van der Waals surface area contributed by atoms with Gasteiger partial charge in [0.2, 0.25) is 0 Å². The summed E-state index contributed by atoms with van der Waals surface area (Å²) in [5.41, 5.74) is 5.90. The van der Waals surface area contributed by atoms with Crippen LogP contribution in [0.15, 0.2) is 24.3 Å². The maximum atomic E-state index is 10.4. The number of urea groups is 1. The van der Waals surface area contributed by atoms with Crippen LogP contribution in [0.3, 0.4) is 0 Å². The minimum absolute atomic E-state index is 0.0733. The molecule has 1 rings (SSSR count). The van der Waals surface area contributed by atoms with Gasteiger partial charge in [-0.2, -0.15) is 0 Å². The fraction of sp³-hybridized carbons (Fsp3) is 0.300. The van der Waals surface area contributed by atoms with Gasteiger partial charge in [0.25, 0.3) is 5.69 Å². The zero-order valence-corrected chi connectivity index (χ0v) is 9.18. The summed E-state index contributed by atoms with van der Waals surface area (Å²) >= 11 is 0. The van der Waals surface area contributed by atoms with E-state index >= 15 is 0 Å². The Kier molecular flexibility index (Phi) is 4.89. The lowest BCUT2D eigenvalue weighted by molar-refractivity contribution is -0.384. The van der Waals surface area contributed by atoms with Gasteiger partial charge in [-0.15, -0.1) is 0 Å². The van der Waals surface area contributed by atoms with Gasteiger partial charge in [-0.3, -0.25) is 10.1 Å². The van der Waals surface area contributed by atoms with Crippen molar-refractivity contribution in [3.63, 3.8) is 0 Å². The summed E-state index contributed by atoms with van der Waals surface area (Å²) in [5, 5.41) is 15.9. The van der Waals surface area contributed by atoms with Crippen molar-refractivity contribution in [3.8, 4) is 0 Å². The first kappa shape index (κ1) is 12.9. The smallest absolute Gasteiger partial charge is 0.312 e. The molecule has 0 fully saturated rings. The largest absolute Gasteiger partial charge is 0.352 e. The maximum absolute atomic E-state index is 10.4. The van der Waals surface area contributed by atoms with Crippen LogP contribution in [-0.4, -0.2) is 24.0 Å². The number of nitrogens with two attached hydrogens (primary N) is 1. The van der Waals surface area contributed by atoms with Crippen molar-refractivity contribution in [2.75, 3.05) is 13.1 Å². The summed E-state index contributed by atoms with van der Waals surface area (Å²) in [6.07, 6.45) is 0. The molecule has 0 heterocycles. The van der Waals surface area contributed by atoms with Gasteiger partial charge >= 0.3 is 6.03 Å². The molecule has 1 aromatic rings. The van der Waals surface area contributed by atoms with Crippen molar-refractivity contribution in [3.05, 3.63) is 39.9 Å². The minimum atomic E-state index is -0.554. The number of hydrogen-bond donors (Lipinski definition) is 3. The van der Waals surface area contributed by atoms with E-state index in [1.54, 1.807) is 12.1 Å². The number of carbonyl (C=O) groups is 1. The second kappa shape index (κ2) is 6.44. The van der Waals surface area contributed by atoms with E-state index in [2.05, 4.69) is 10.6 Å². The molecule has 0 aliphatic rings. The second-order valence-corrected chi connectivity index (χ2v) is 3.39. The van der Waals surface area contributed by atoms with Gasteiger partial charge in [-0.25, -0.2) is 4.79 Å². The summed E-state index contributed by atoms with van der Waals surface area (Å²) in [6.45, 7) is 1.61. The molecule has 0 aliphatic heterocycles. The Morgan fingerprint density at radius 1 is 1.29 bits per heavy atom. The van der Waals surface area contributed by atoms with Crippen LogP contribution in [0.4, 0.5) is 10.5 Å². The number of hydrogen-bond acceptors (Lipinski definition) is 4. The first-order chi connectivity index (χ1) is 8.09. The van der Waals surface area contributed by atoms with Gasteiger partial charge in [0, 0.05) is 31.8 Å². The van der Waals surface area contributed by atoms with Crippen LogP contribution in [-0.2, 0) is 6.54 Å². The number of nitro groups is 1. The first-order valence-corrected chi connectivity index (χ1v) is 5.07. The number of nitro benzene ring substituents is 1. The molecule has 4 N–H and O–H groups in total. The van der Waals surface area contributed by atoms with Crippen molar-refractivity contribution >= 4 is 11.7 Å². The Hall–Kier alpha value is -2.15. The molecule has 1 aromatic carbocycles. The standard InChI is InChI=1S/C10H14N4O3/c11-10(15)13-6-5-12-7-8-1-3-9(4-2-8)14(16)17/h1-4,12H,5-7H2,(H3,11,13,15). The summed E-state index contributed by atoms with van der Waals surface area (Å²) in [4.78, 5) is 20.3. The van der Waals surface area contributed by atoms with Crippen LogP contribution in [0.25, 0.3) is 0 Å². The average Bonchev–Trinajstić information content (AvgIpc) is 2.29. The molecule has 0 aromatic heterocycles. The molecule has 0 bridgehead atoms. The molecule has 0 saturated carbocycles. The fourth-order valence-electron chi connectivity index (χ4n) is 1.24. The van der Waals surface area contributed by atoms with E-state index in [-0.39, 0.29) is 5.69 Å². The number of nitrogens with zero attached hydrogens (tertiary/aromatic N) is 1. The molecule has 7 heteroatoms. The highest BCUT2D eigenvalue weighted by Crippen LogP contribution is 2.11. The lowest BCUT2D eigenvalue weighted by Gasteiger charge is -2.05. The quantitative estimate of drug-likeness (QED) is 0.377. The minimum Gasteiger partial charge on any atom is -0.352 e. The monoisotopic (exact) mass is 238 g/mol. The van der Waals surface area contributed by atoms with E-state index in [1.807, 2.05) is 0 Å². The van der Waals surface area contributed by atoms with Crippen LogP contribution in [0.1, 0.15) is 5.56 Å². The predicted molar refractivity (Wildman–Crippen MR) is 62.4 cm³/mol. The Balaban J connectivity index is 2.27. The number of primary amides is 1. The molecule has 92 valence electrons. The number of carbonyl (C=O) groups excluding carboxylic acids is 1. The lowest BCUT2D eigenvalue weighted by Crippen LogP contribution is -2.35. The van der Waals surface area contributed by atoms with E-state index in [4.69, 9.17) is 5.73 Å². The third kappa shape index (κ3) is 4.94. The zero-order valence-electron chi connectivity index (χ0n) is 9.18. The van der Waals surface area contributed by atoms with Crippen molar-refractivity contribution in [1.82, 2.24) is 10.6 Å². The number of benzene rings is 1. The van der Waals surface area contributed by atoms with Gasteiger partial charge in [-0.05, 0) is 5.56 Å². The van der Waals surface area contributed by atoms with Crippen LogP contribution in [0.5, 0.6) is 0 Å². The highest BCUT2D eigenvalue weighted by molar-refractivity contribution is 5.71. The number of rotatable bonds is 6. The van der Waals surface area contributed by atoms with Crippen molar-refractivity contribution in [1.29, 1.82) is 0 Å². The summed E-state index contributed by atoms with van der Waals surface area (Å²) in [7, 11) is 0. The highest BCUT2D eigenvalue weighted by Gasteiger charge is 2.03. The summed E-state index contributed by atoms with van der Waals surface area (Å²) in [6, 6.07) is 5.73. The zero-order chi connectivity index (χ0) is 12.7. The summed E-state index contributed by atoms with van der Waals surface area (Å²) in [5.74, 6) is 0. The molecule has 0 aliphatic carbocycles. The van der Waals surface area contributed by atoms with E-state index in [0.717, 1.165) is 5.56 Å². The van der Waals surface area contributed by atoms with E-state index in [9.17, 15) is 14.9 Å². The van der Waals surface area contributed by atoms with Crippen LogP contribution in [0.2, 0.25) is 0 Å². The normalized spacial score (nSPS) is 9.88. The van der Waals surface area contributed by atoms with Crippen molar-refractivity contribution in [2.45, 2.75) is 6.54 Å². The lowest BCUT2D eigenvalue weighted by atomic mass is 10.2. The molecule has 0 radical (unpaired) electrons. The molecular formula is C10H14N4O3. The van der Waals surface area contributed by atoms with Gasteiger partial charge in [0.05, 0.1) is 4.92 Å². The van der Waals surface area contributed by atoms with Crippen LogP contribution < -0.4 is 16.4 Å². The first-order valence-electron chi connectivity index (χ1n) is 5.07. The number of non-ortho nitro benzene ring substituents is 1. The molecule has 0 atom stereocenters. The Labute approximate surface area is 98.1 Å². The van der Waals surface area contributed by atoms with Crippen LogP contribution >= 0.6 is 0 Å². The van der Waals surface area contributed by atoms with E-state index < -0.39 is 11.0 Å². The van der Waals surface area contributed by atoms with E-state index in [1.165, 1.54) is 12.1 Å². The Morgan fingerprint density at radius 3 is 2.47 bits per heavy atom. The Bertz CT molecular complexity index is 391. The fourth-order valence-corrected chi connectivity index (χ4v) is 1.24. The highest BCUT2D eigenvalue weighted by atomic mass is 16.6. The molecule has 0 unspecified atom stereocenters.